The molecule has 0 bridgehead atoms. The molecule has 0 saturated heterocycles. The van der Waals surface area contributed by atoms with E-state index in [1.807, 2.05) is 13.8 Å². The lowest BCUT2D eigenvalue weighted by Gasteiger charge is -2.13. The van der Waals surface area contributed by atoms with Crippen molar-refractivity contribution in [1.82, 2.24) is 15.1 Å². The van der Waals surface area contributed by atoms with Crippen molar-refractivity contribution in [2.45, 2.75) is 13.8 Å². The minimum Gasteiger partial charge on any atom is -0.319 e. The molecule has 1 heterocycles. The zero-order valence-corrected chi connectivity index (χ0v) is 12.4. The van der Waals surface area contributed by atoms with Gasteiger partial charge in [0.05, 0.1) is 11.4 Å². The number of hydrogen-bond acceptors (Lipinski definition) is 3. The van der Waals surface area contributed by atoms with Crippen molar-refractivity contribution >= 4 is 11.7 Å². The summed E-state index contributed by atoms with van der Waals surface area (Å²) in [4.78, 5) is 12.1. The Labute approximate surface area is 123 Å². The van der Waals surface area contributed by atoms with Gasteiger partial charge in [-0.05, 0) is 38.2 Å². The van der Waals surface area contributed by atoms with Crippen LogP contribution in [-0.2, 0) is 4.79 Å². The van der Waals surface area contributed by atoms with E-state index in [9.17, 15) is 9.18 Å². The quantitative estimate of drug-likeness (QED) is 0.886. The molecule has 0 aliphatic heterocycles. The Morgan fingerprint density at radius 1 is 1.38 bits per heavy atom. The third-order valence-corrected chi connectivity index (χ3v) is 3.11. The fourth-order valence-electron chi connectivity index (χ4n) is 2.02. The number of benzene rings is 1. The van der Waals surface area contributed by atoms with Crippen LogP contribution in [0.1, 0.15) is 12.6 Å². The highest BCUT2D eigenvalue weighted by molar-refractivity contribution is 5.92. The molecule has 1 amide bonds. The Kier molecular flexibility index (Phi) is 4.70. The molecule has 0 aliphatic carbocycles. The van der Waals surface area contributed by atoms with Crippen LogP contribution in [0.15, 0.2) is 30.3 Å². The lowest BCUT2D eigenvalue weighted by Crippen LogP contribution is -2.29. The van der Waals surface area contributed by atoms with Gasteiger partial charge in [0.15, 0.2) is 0 Å². The first kappa shape index (κ1) is 15.2. The Bertz CT molecular complexity index is 621. The van der Waals surface area contributed by atoms with E-state index in [0.717, 1.165) is 5.69 Å². The van der Waals surface area contributed by atoms with Crippen molar-refractivity contribution < 1.29 is 9.18 Å². The topological polar surface area (TPSA) is 59.0 Å². The van der Waals surface area contributed by atoms with Crippen LogP contribution in [0.2, 0.25) is 0 Å². The summed E-state index contributed by atoms with van der Waals surface area (Å²) in [7, 11) is 1.80. The van der Waals surface area contributed by atoms with Gasteiger partial charge in [-0.1, -0.05) is 6.92 Å². The first-order chi connectivity index (χ1) is 10.0. The number of hydrogen-bond donors (Lipinski definition) is 2. The van der Waals surface area contributed by atoms with Crippen LogP contribution in [0.4, 0.5) is 10.2 Å². The molecule has 0 saturated carbocycles. The van der Waals surface area contributed by atoms with Crippen LogP contribution in [0.25, 0.3) is 5.69 Å². The molecule has 0 aliphatic rings. The largest absolute Gasteiger partial charge is 0.319 e. The second-order valence-electron chi connectivity index (χ2n) is 5.01. The smallest absolute Gasteiger partial charge is 0.229 e. The van der Waals surface area contributed by atoms with Gasteiger partial charge in [-0.3, -0.25) is 4.79 Å². The molecule has 21 heavy (non-hydrogen) atoms. The number of aromatic nitrogens is 2. The average Bonchev–Trinajstić information content (AvgIpc) is 2.80. The van der Waals surface area contributed by atoms with E-state index in [0.29, 0.717) is 18.1 Å². The molecule has 1 unspecified atom stereocenters. The lowest BCUT2D eigenvalue weighted by molar-refractivity contribution is -0.119. The van der Waals surface area contributed by atoms with Crippen LogP contribution in [0, 0.1) is 18.7 Å². The molecule has 0 fully saturated rings. The summed E-state index contributed by atoms with van der Waals surface area (Å²) in [6.07, 6.45) is 0. The van der Waals surface area contributed by atoms with Gasteiger partial charge in [0.2, 0.25) is 5.91 Å². The summed E-state index contributed by atoms with van der Waals surface area (Å²) in [5.41, 5.74) is 1.47. The minimum absolute atomic E-state index is 0.0902. The third-order valence-electron chi connectivity index (χ3n) is 3.11. The molecular weight excluding hydrogens is 271 g/mol. The maximum absolute atomic E-state index is 13.0. The van der Waals surface area contributed by atoms with Crippen molar-refractivity contribution in [3.8, 4) is 5.69 Å². The van der Waals surface area contributed by atoms with E-state index in [4.69, 9.17) is 0 Å². The number of carbonyl (C=O) groups is 1. The molecule has 2 N–H and O–H groups in total. The van der Waals surface area contributed by atoms with Gasteiger partial charge in [0.25, 0.3) is 0 Å². The average molecular weight is 290 g/mol. The van der Waals surface area contributed by atoms with Crippen molar-refractivity contribution in [3.05, 3.63) is 41.8 Å². The minimum atomic E-state index is -0.309. The van der Waals surface area contributed by atoms with Crippen molar-refractivity contribution in [1.29, 1.82) is 0 Å². The van der Waals surface area contributed by atoms with Crippen molar-refractivity contribution in [2.75, 3.05) is 18.9 Å². The van der Waals surface area contributed by atoms with E-state index in [1.165, 1.54) is 12.1 Å². The molecule has 5 nitrogen and oxygen atoms in total. The molecule has 0 radical (unpaired) electrons. The van der Waals surface area contributed by atoms with Gasteiger partial charge < -0.3 is 10.6 Å². The van der Waals surface area contributed by atoms with Crippen LogP contribution in [0.3, 0.4) is 0 Å². The summed E-state index contributed by atoms with van der Waals surface area (Å²) >= 11 is 0. The molecule has 2 rings (SSSR count). The number of nitrogens with zero attached hydrogens (tertiary/aromatic N) is 2. The number of amides is 1. The Morgan fingerprint density at radius 2 is 2.05 bits per heavy atom. The van der Waals surface area contributed by atoms with E-state index in [2.05, 4.69) is 15.7 Å². The van der Waals surface area contributed by atoms with Gasteiger partial charge >= 0.3 is 0 Å². The predicted molar refractivity (Wildman–Crippen MR) is 80.0 cm³/mol. The number of rotatable bonds is 5. The maximum Gasteiger partial charge on any atom is 0.229 e. The molecular formula is C15H19FN4O. The Morgan fingerprint density at radius 3 is 2.67 bits per heavy atom. The molecule has 112 valence electrons. The SMILES string of the molecule is CNCC(C)C(=O)Nc1cc(C)nn1-c1ccc(F)cc1. The number of nitrogens with one attached hydrogen (secondary N) is 2. The Balaban J connectivity index is 2.25. The van der Waals surface area contributed by atoms with Crippen LogP contribution >= 0.6 is 0 Å². The van der Waals surface area contributed by atoms with Gasteiger partial charge in [0, 0.05) is 18.5 Å². The number of aryl methyl sites for hydroxylation is 1. The highest BCUT2D eigenvalue weighted by Gasteiger charge is 2.15. The van der Waals surface area contributed by atoms with Crippen LogP contribution in [0.5, 0.6) is 0 Å². The number of carbonyl (C=O) groups excluding carboxylic acids is 1. The molecule has 2 aromatic rings. The standard InChI is InChI=1S/C15H19FN4O/c1-10(9-17-3)15(21)18-14-8-11(2)19-20(14)13-6-4-12(16)5-7-13/h4-8,10,17H,9H2,1-3H3,(H,18,21). The lowest BCUT2D eigenvalue weighted by atomic mass is 10.1. The van der Waals surface area contributed by atoms with E-state index in [-0.39, 0.29) is 17.6 Å². The number of anilines is 1. The van der Waals surface area contributed by atoms with Gasteiger partial charge in [0.1, 0.15) is 11.6 Å². The summed E-state index contributed by atoms with van der Waals surface area (Å²) in [6.45, 7) is 4.28. The molecule has 6 heteroatoms. The van der Waals surface area contributed by atoms with E-state index < -0.39 is 0 Å². The number of halogens is 1. The summed E-state index contributed by atoms with van der Waals surface area (Å²) in [6, 6.07) is 7.75. The molecule has 1 aromatic heterocycles. The predicted octanol–water partition coefficient (Wildman–Crippen LogP) is 2.11. The molecule has 1 atom stereocenters. The fraction of sp³-hybridized carbons (Fsp3) is 0.333. The first-order valence-corrected chi connectivity index (χ1v) is 6.79. The third kappa shape index (κ3) is 3.66. The van der Waals surface area contributed by atoms with E-state index in [1.54, 1.807) is 29.9 Å². The second kappa shape index (κ2) is 6.49. The van der Waals surface area contributed by atoms with Gasteiger partial charge in [-0.2, -0.15) is 5.10 Å². The van der Waals surface area contributed by atoms with E-state index >= 15 is 0 Å². The normalized spacial score (nSPS) is 12.2. The van der Waals surface area contributed by atoms with Crippen molar-refractivity contribution in [3.63, 3.8) is 0 Å². The first-order valence-electron chi connectivity index (χ1n) is 6.79. The maximum atomic E-state index is 13.0. The highest BCUT2D eigenvalue weighted by Crippen LogP contribution is 2.18. The molecule has 0 spiro atoms. The second-order valence-corrected chi connectivity index (χ2v) is 5.01. The van der Waals surface area contributed by atoms with Crippen molar-refractivity contribution in [2.24, 2.45) is 5.92 Å². The zero-order valence-electron chi connectivity index (χ0n) is 12.4. The van der Waals surface area contributed by atoms with Crippen LogP contribution < -0.4 is 10.6 Å². The monoisotopic (exact) mass is 290 g/mol. The molecule has 1 aromatic carbocycles. The van der Waals surface area contributed by atoms with Gasteiger partial charge in [-0.15, -0.1) is 0 Å². The summed E-state index contributed by atoms with van der Waals surface area (Å²) < 4.78 is 14.6. The highest BCUT2D eigenvalue weighted by atomic mass is 19.1. The fourth-order valence-corrected chi connectivity index (χ4v) is 2.02. The zero-order chi connectivity index (χ0) is 15.4. The summed E-state index contributed by atoms with van der Waals surface area (Å²) in [5.74, 6) is 0.0161. The summed E-state index contributed by atoms with van der Waals surface area (Å²) in [5, 5.41) is 10.2. The Hall–Kier alpha value is -2.21. The van der Waals surface area contributed by atoms with Gasteiger partial charge in [-0.25, -0.2) is 9.07 Å². The van der Waals surface area contributed by atoms with Crippen LogP contribution in [-0.4, -0.2) is 29.3 Å².